The van der Waals surface area contributed by atoms with Gasteiger partial charge in [0.1, 0.15) is 5.82 Å². The molecular formula is C21H24N4O2S. The summed E-state index contributed by atoms with van der Waals surface area (Å²) in [4.78, 5) is 35.1. The number of para-hydroxylation sites is 2. The Morgan fingerprint density at radius 3 is 2.71 bits per heavy atom. The summed E-state index contributed by atoms with van der Waals surface area (Å²) in [6.07, 6.45) is 2.36. The fourth-order valence-corrected chi connectivity index (χ4v) is 3.54. The van der Waals surface area contributed by atoms with Crippen LogP contribution in [-0.4, -0.2) is 40.1 Å². The van der Waals surface area contributed by atoms with Crippen LogP contribution < -0.4 is 10.9 Å². The first-order valence-corrected chi connectivity index (χ1v) is 10.5. The zero-order valence-corrected chi connectivity index (χ0v) is 16.9. The van der Waals surface area contributed by atoms with Gasteiger partial charge >= 0.3 is 0 Å². The third-order valence-electron chi connectivity index (χ3n) is 4.52. The van der Waals surface area contributed by atoms with E-state index in [1.54, 1.807) is 17.8 Å². The number of aromatic amines is 1. The maximum absolute atomic E-state index is 12.4. The van der Waals surface area contributed by atoms with Gasteiger partial charge in [-0.15, -0.1) is 11.8 Å². The van der Waals surface area contributed by atoms with Gasteiger partial charge in [0.25, 0.3) is 5.56 Å². The Morgan fingerprint density at radius 1 is 1.18 bits per heavy atom. The predicted molar refractivity (Wildman–Crippen MR) is 115 cm³/mol. The lowest BCUT2D eigenvalue weighted by Gasteiger charge is -2.19. The highest BCUT2D eigenvalue weighted by Crippen LogP contribution is 2.24. The van der Waals surface area contributed by atoms with Crippen LogP contribution in [0.2, 0.25) is 0 Å². The van der Waals surface area contributed by atoms with Gasteiger partial charge in [-0.3, -0.25) is 14.5 Å². The summed E-state index contributed by atoms with van der Waals surface area (Å²) in [6, 6.07) is 15.1. The summed E-state index contributed by atoms with van der Waals surface area (Å²) in [5.41, 5.74) is 1.38. The summed E-state index contributed by atoms with van der Waals surface area (Å²) in [5.74, 6) is 0.582. The highest BCUT2D eigenvalue weighted by atomic mass is 32.2. The molecule has 28 heavy (non-hydrogen) atoms. The van der Waals surface area contributed by atoms with Gasteiger partial charge in [-0.1, -0.05) is 31.2 Å². The number of benzene rings is 2. The molecule has 0 radical (unpaired) electrons. The summed E-state index contributed by atoms with van der Waals surface area (Å²) < 4.78 is 0. The number of hydrogen-bond donors (Lipinski definition) is 2. The fraction of sp³-hybridized carbons (Fsp3) is 0.286. The van der Waals surface area contributed by atoms with Crippen LogP contribution in [0, 0.1) is 0 Å². The minimum absolute atomic E-state index is 0.0279. The SMILES string of the molecule is CCN(CCC(=O)Nc1ccccc1SC)Cc1nc2ccccc2c(=O)[nH]1. The highest BCUT2D eigenvalue weighted by molar-refractivity contribution is 7.98. The van der Waals surface area contributed by atoms with Gasteiger partial charge in [-0.05, 0) is 37.1 Å². The monoisotopic (exact) mass is 396 g/mol. The van der Waals surface area contributed by atoms with Crippen LogP contribution in [0.1, 0.15) is 19.2 Å². The number of hydrogen-bond acceptors (Lipinski definition) is 5. The molecular weight excluding hydrogens is 372 g/mol. The zero-order chi connectivity index (χ0) is 19.9. The van der Waals surface area contributed by atoms with E-state index in [4.69, 9.17) is 0 Å². The molecule has 146 valence electrons. The van der Waals surface area contributed by atoms with Crippen LogP contribution in [-0.2, 0) is 11.3 Å². The molecule has 0 spiro atoms. The van der Waals surface area contributed by atoms with Crippen LogP contribution in [0.3, 0.4) is 0 Å². The van der Waals surface area contributed by atoms with E-state index in [0.717, 1.165) is 17.1 Å². The van der Waals surface area contributed by atoms with E-state index < -0.39 is 0 Å². The molecule has 7 heteroatoms. The number of thioether (sulfide) groups is 1. The Kier molecular flexibility index (Phi) is 6.84. The van der Waals surface area contributed by atoms with Gasteiger partial charge < -0.3 is 10.3 Å². The number of carbonyl (C=O) groups excluding carboxylic acids is 1. The molecule has 0 aliphatic rings. The number of rotatable bonds is 8. The highest BCUT2D eigenvalue weighted by Gasteiger charge is 2.11. The van der Waals surface area contributed by atoms with Crippen molar-refractivity contribution in [1.29, 1.82) is 0 Å². The van der Waals surface area contributed by atoms with E-state index in [2.05, 4.69) is 20.2 Å². The predicted octanol–water partition coefficient (Wildman–Crippen LogP) is 3.50. The lowest BCUT2D eigenvalue weighted by molar-refractivity contribution is -0.116. The van der Waals surface area contributed by atoms with Crippen LogP contribution in [0.15, 0.2) is 58.2 Å². The molecule has 0 fully saturated rings. The number of nitrogens with one attached hydrogen (secondary N) is 2. The smallest absolute Gasteiger partial charge is 0.258 e. The van der Waals surface area contributed by atoms with Crippen molar-refractivity contribution < 1.29 is 4.79 Å². The fourth-order valence-electron chi connectivity index (χ4n) is 2.99. The number of aromatic nitrogens is 2. The largest absolute Gasteiger partial charge is 0.325 e. The number of nitrogens with zero attached hydrogens (tertiary/aromatic N) is 2. The molecule has 3 rings (SSSR count). The molecule has 1 aromatic heterocycles. The first kappa shape index (κ1) is 20.1. The van der Waals surface area contributed by atoms with Crippen molar-refractivity contribution in [2.75, 3.05) is 24.7 Å². The lowest BCUT2D eigenvalue weighted by atomic mass is 10.2. The molecule has 6 nitrogen and oxygen atoms in total. The maximum Gasteiger partial charge on any atom is 0.258 e. The van der Waals surface area contributed by atoms with Crippen LogP contribution in [0.5, 0.6) is 0 Å². The van der Waals surface area contributed by atoms with E-state index in [1.165, 1.54) is 0 Å². The second kappa shape index (κ2) is 9.52. The Labute approximate surface area is 168 Å². The van der Waals surface area contributed by atoms with Gasteiger partial charge in [0, 0.05) is 17.9 Å². The maximum atomic E-state index is 12.4. The topological polar surface area (TPSA) is 78.1 Å². The third-order valence-corrected chi connectivity index (χ3v) is 5.31. The number of fused-ring (bicyclic) bond motifs is 1. The van der Waals surface area contributed by atoms with Crippen molar-refractivity contribution in [3.8, 4) is 0 Å². The van der Waals surface area contributed by atoms with E-state index >= 15 is 0 Å². The van der Waals surface area contributed by atoms with E-state index in [9.17, 15) is 9.59 Å². The molecule has 0 aliphatic heterocycles. The van der Waals surface area contributed by atoms with Crippen molar-refractivity contribution in [3.63, 3.8) is 0 Å². The number of amides is 1. The number of carbonyl (C=O) groups is 1. The van der Waals surface area contributed by atoms with Crippen molar-refractivity contribution in [3.05, 3.63) is 64.7 Å². The Hall–Kier alpha value is -2.64. The molecule has 1 amide bonds. The van der Waals surface area contributed by atoms with Crippen molar-refractivity contribution in [2.45, 2.75) is 24.8 Å². The minimum Gasteiger partial charge on any atom is -0.325 e. The normalized spacial score (nSPS) is 11.1. The first-order chi connectivity index (χ1) is 13.6. The molecule has 0 bridgehead atoms. The quantitative estimate of drug-likeness (QED) is 0.570. The minimum atomic E-state index is -0.136. The number of H-pyrrole nitrogens is 1. The van der Waals surface area contributed by atoms with Gasteiger partial charge in [0.2, 0.25) is 5.91 Å². The van der Waals surface area contributed by atoms with E-state index in [0.29, 0.717) is 36.2 Å². The van der Waals surface area contributed by atoms with Gasteiger partial charge in [0.15, 0.2) is 0 Å². The van der Waals surface area contributed by atoms with Crippen molar-refractivity contribution >= 4 is 34.3 Å². The van der Waals surface area contributed by atoms with E-state index in [-0.39, 0.29) is 11.5 Å². The van der Waals surface area contributed by atoms with Crippen LogP contribution in [0.25, 0.3) is 10.9 Å². The molecule has 0 saturated carbocycles. The Balaban J connectivity index is 1.61. The Morgan fingerprint density at radius 2 is 1.93 bits per heavy atom. The molecule has 2 N–H and O–H groups in total. The molecule has 0 atom stereocenters. The van der Waals surface area contributed by atoms with E-state index in [1.807, 2.05) is 55.6 Å². The third kappa shape index (κ3) is 4.99. The molecule has 1 heterocycles. The zero-order valence-electron chi connectivity index (χ0n) is 16.1. The van der Waals surface area contributed by atoms with Gasteiger partial charge in [-0.25, -0.2) is 4.98 Å². The summed E-state index contributed by atoms with van der Waals surface area (Å²) in [7, 11) is 0. The van der Waals surface area contributed by atoms with Gasteiger partial charge in [-0.2, -0.15) is 0 Å². The first-order valence-electron chi connectivity index (χ1n) is 9.24. The molecule has 0 unspecified atom stereocenters. The Bertz CT molecular complexity index is 1020. The summed E-state index contributed by atoms with van der Waals surface area (Å²) in [6.45, 7) is 3.86. The molecule has 0 saturated heterocycles. The second-order valence-electron chi connectivity index (χ2n) is 6.40. The van der Waals surface area contributed by atoms with Crippen LogP contribution in [0.4, 0.5) is 5.69 Å². The average Bonchev–Trinajstić information content (AvgIpc) is 2.71. The summed E-state index contributed by atoms with van der Waals surface area (Å²) >= 11 is 1.60. The average molecular weight is 397 g/mol. The van der Waals surface area contributed by atoms with Crippen molar-refractivity contribution in [2.24, 2.45) is 0 Å². The number of anilines is 1. The molecule has 0 aliphatic carbocycles. The molecule has 3 aromatic rings. The lowest BCUT2D eigenvalue weighted by Crippen LogP contribution is -2.29. The van der Waals surface area contributed by atoms with Crippen LogP contribution >= 0.6 is 11.8 Å². The second-order valence-corrected chi connectivity index (χ2v) is 7.25. The van der Waals surface area contributed by atoms with Gasteiger partial charge in [0.05, 0.1) is 23.1 Å². The van der Waals surface area contributed by atoms with Crippen molar-refractivity contribution in [1.82, 2.24) is 14.9 Å². The standard InChI is InChI=1S/C21H24N4O2S/c1-3-25(13-12-20(26)23-17-10-6-7-11-18(17)28-2)14-19-22-16-9-5-4-8-15(16)21(27)24-19/h4-11H,3,12-14H2,1-2H3,(H,23,26)(H,22,24,27). The molecule has 2 aromatic carbocycles. The summed E-state index contributed by atoms with van der Waals surface area (Å²) in [5, 5.41) is 3.56.